The Labute approximate surface area is 150 Å². The zero-order chi connectivity index (χ0) is 19.4. The number of aliphatic carboxylic acids is 2. The smallest absolute Gasteiger partial charge is 0.320 e. The first kappa shape index (κ1) is 23.1. The number of carboxylic acids is 2. The first-order valence-electron chi connectivity index (χ1n) is 8.71. The molecule has 0 aliphatic heterocycles. The first-order chi connectivity index (χ1) is 11.7. The fraction of sp³-hybridized carbons (Fsp3) is 0.579. The molecule has 0 aromatic heterocycles. The van der Waals surface area contributed by atoms with Crippen LogP contribution in [0.1, 0.15) is 51.2 Å². The van der Waals surface area contributed by atoms with E-state index in [2.05, 4.69) is 31.2 Å². The van der Waals surface area contributed by atoms with Gasteiger partial charge in [-0.05, 0) is 42.7 Å². The molecule has 0 aliphatic rings. The van der Waals surface area contributed by atoms with E-state index in [0.717, 1.165) is 24.8 Å². The van der Waals surface area contributed by atoms with Crippen LogP contribution < -0.4 is 11.5 Å². The van der Waals surface area contributed by atoms with Crippen LogP contribution in [0.2, 0.25) is 0 Å². The molecule has 1 aromatic carbocycles. The van der Waals surface area contributed by atoms with Gasteiger partial charge < -0.3 is 21.7 Å². The Balaban J connectivity index is 0.000000547. The van der Waals surface area contributed by atoms with Crippen LogP contribution in [0.5, 0.6) is 0 Å². The molecule has 25 heavy (non-hydrogen) atoms. The van der Waals surface area contributed by atoms with E-state index in [4.69, 9.17) is 21.7 Å². The van der Waals surface area contributed by atoms with Crippen LogP contribution in [0, 0.1) is 5.92 Å². The number of hydrogen-bond donors (Lipinski definition) is 4. The van der Waals surface area contributed by atoms with Crippen LogP contribution in [0.25, 0.3) is 0 Å². The number of aryl methyl sites for hydroxylation is 2. The van der Waals surface area contributed by atoms with Crippen LogP contribution in [-0.2, 0) is 22.4 Å². The lowest BCUT2D eigenvalue weighted by Gasteiger charge is -2.07. The molecular weight excluding hydrogens is 320 g/mol. The predicted octanol–water partition coefficient (Wildman–Crippen LogP) is 2.43. The number of benzene rings is 1. The van der Waals surface area contributed by atoms with Crippen molar-refractivity contribution in [2.45, 2.75) is 65.0 Å². The third-order valence-electron chi connectivity index (χ3n) is 3.67. The fourth-order valence-electron chi connectivity index (χ4n) is 2.22. The summed E-state index contributed by atoms with van der Waals surface area (Å²) in [5.74, 6) is -1.48. The van der Waals surface area contributed by atoms with Gasteiger partial charge >= 0.3 is 11.9 Å². The number of hydrogen-bond acceptors (Lipinski definition) is 4. The summed E-state index contributed by atoms with van der Waals surface area (Å²) < 4.78 is 0. The topological polar surface area (TPSA) is 127 Å². The summed E-state index contributed by atoms with van der Waals surface area (Å²) in [6.07, 6.45) is 4.00. The third-order valence-corrected chi connectivity index (χ3v) is 3.67. The largest absolute Gasteiger partial charge is 0.480 e. The zero-order valence-electron chi connectivity index (χ0n) is 15.4. The van der Waals surface area contributed by atoms with Crippen LogP contribution in [0.4, 0.5) is 0 Å². The van der Waals surface area contributed by atoms with E-state index >= 15 is 0 Å². The van der Waals surface area contributed by atoms with E-state index in [0.29, 0.717) is 18.8 Å². The SMILES string of the molecule is CC(C)C[C@H](N)C(=O)O.CCCc1ccc(CC[C@H](N)C(=O)O)cc1. The van der Waals surface area contributed by atoms with E-state index in [9.17, 15) is 9.59 Å². The van der Waals surface area contributed by atoms with Crippen molar-refractivity contribution in [1.82, 2.24) is 0 Å². The van der Waals surface area contributed by atoms with Crippen molar-refractivity contribution in [3.05, 3.63) is 35.4 Å². The molecular formula is C19H32N2O4. The lowest BCUT2D eigenvalue weighted by Crippen LogP contribution is -2.31. The van der Waals surface area contributed by atoms with E-state index in [1.165, 1.54) is 5.56 Å². The second-order valence-electron chi connectivity index (χ2n) is 6.62. The van der Waals surface area contributed by atoms with E-state index in [-0.39, 0.29) is 0 Å². The van der Waals surface area contributed by atoms with Crippen LogP contribution in [0.15, 0.2) is 24.3 Å². The molecule has 0 radical (unpaired) electrons. The maximum Gasteiger partial charge on any atom is 0.320 e. The average molecular weight is 352 g/mol. The molecule has 0 fully saturated rings. The highest BCUT2D eigenvalue weighted by atomic mass is 16.4. The second-order valence-corrected chi connectivity index (χ2v) is 6.62. The van der Waals surface area contributed by atoms with Crippen molar-refractivity contribution < 1.29 is 19.8 Å². The highest BCUT2D eigenvalue weighted by molar-refractivity contribution is 5.73. The molecule has 6 nitrogen and oxygen atoms in total. The van der Waals surface area contributed by atoms with Gasteiger partial charge in [0.25, 0.3) is 0 Å². The quantitative estimate of drug-likeness (QED) is 0.540. The molecule has 0 unspecified atom stereocenters. The standard InChI is InChI=1S/C13H19NO2.C6H13NO2/c1-2-3-10-4-6-11(7-5-10)8-9-12(14)13(15)16;1-4(2)3-5(7)6(8)9/h4-7,12H,2-3,8-9,14H2,1H3,(H,15,16);4-5H,3,7H2,1-2H3,(H,8,9)/t12-;5-/m00/s1. The summed E-state index contributed by atoms with van der Waals surface area (Å²) in [5.41, 5.74) is 13.1. The monoisotopic (exact) mass is 352 g/mol. The Bertz CT molecular complexity index is 515. The van der Waals surface area contributed by atoms with Gasteiger partial charge in [0.05, 0.1) is 0 Å². The summed E-state index contributed by atoms with van der Waals surface area (Å²) in [7, 11) is 0. The molecule has 6 N–H and O–H groups in total. The van der Waals surface area contributed by atoms with Gasteiger partial charge in [0.2, 0.25) is 0 Å². The van der Waals surface area contributed by atoms with Crippen molar-refractivity contribution in [2.75, 3.05) is 0 Å². The molecule has 1 rings (SSSR count). The number of rotatable bonds is 9. The number of carboxylic acid groups (broad SMARTS) is 2. The minimum atomic E-state index is -0.928. The number of carbonyl (C=O) groups is 2. The van der Waals surface area contributed by atoms with Gasteiger partial charge in [0.1, 0.15) is 12.1 Å². The predicted molar refractivity (Wildman–Crippen MR) is 99.4 cm³/mol. The molecule has 0 spiro atoms. The summed E-state index contributed by atoms with van der Waals surface area (Å²) in [6, 6.07) is 6.87. The third kappa shape index (κ3) is 11.3. The maximum absolute atomic E-state index is 10.5. The molecule has 0 saturated heterocycles. The van der Waals surface area contributed by atoms with Crippen LogP contribution in [0.3, 0.4) is 0 Å². The molecule has 142 valence electrons. The Morgan fingerprint density at radius 3 is 1.68 bits per heavy atom. The normalized spacial score (nSPS) is 12.9. The lowest BCUT2D eigenvalue weighted by molar-refractivity contribution is -0.139. The van der Waals surface area contributed by atoms with Crippen molar-refractivity contribution in [3.8, 4) is 0 Å². The minimum absolute atomic E-state index is 0.357. The molecule has 0 saturated carbocycles. The molecule has 0 heterocycles. The molecule has 1 aromatic rings. The van der Waals surface area contributed by atoms with E-state index in [1.807, 2.05) is 13.8 Å². The summed E-state index contributed by atoms with van der Waals surface area (Å²) >= 11 is 0. The first-order valence-corrected chi connectivity index (χ1v) is 8.71. The minimum Gasteiger partial charge on any atom is -0.480 e. The van der Waals surface area contributed by atoms with Gasteiger partial charge in [-0.2, -0.15) is 0 Å². The summed E-state index contributed by atoms with van der Waals surface area (Å²) in [4.78, 5) is 20.6. The van der Waals surface area contributed by atoms with E-state index < -0.39 is 24.0 Å². The van der Waals surface area contributed by atoms with Gasteiger partial charge in [0.15, 0.2) is 0 Å². The highest BCUT2D eigenvalue weighted by Gasteiger charge is 2.12. The molecule has 0 bridgehead atoms. The van der Waals surface area contributed by atoms with E-state index in [1.54, 1.807) is 0 Å². The van der Waals surface area contributed by atoms with Gasteiger partial charge in [-0.3, -0.25) is 9.59 Å². The van der Waals surface area contributed by atoms with Crippen molar-refractivity contribution in [3.63, 3.8) is 0 Å². The summed E-state index contributed by atoms with van der Waals surface area (Å²) in [5, 5.41) is 17.0. The average Bonchev–Trinajstić information content (AvgIpc) is 2.54. The summed E-state index contributed by atoms with van der Waals surface area (Å²) in [6.45, 7) is 6.05. The Kier molecular flexibility index (Phi) is 11.5. The lowest BCUT2D eigenvalue weighted by atomic mass is 10.0. The van der Waals surface area contributed by atoms with Crippen molar-refractivity contribution >= 4 is 11.9 Å². The Hall–Kier alpha value is -1.92. The van der Waals surface area contributed by atoms with Crippen LogP contribution in [-0.4, -0.2) is 34.2 Å². The van der Waals surface area contributed by atoms with Gasteiger partial charge in [0, 0.05) is 0 Å². The zero-order valence-corrected chi connectivity index (χ0v) is 15.4. The highest BCUT2D eigenvalue weighted by Crippen LogP contribution is 2.09. The molecule has 0 amide bonds. The molecule has 6 heteroatoms. The molecule has 0 aliphatic carbocycles. The Morgan fingerprint density at radius 1 is 0.920 bits per heavy atom. The second kappa shape index (κ2) is 12.4. The van der Waals surface area contributed by atoms with Gasteiger partial charge in [-0.15, -0.1) is 0 Å². The maximum atomic E-state index is 10.5. The van der Waals surface area contributed by atoms with Crippen molar-refractivity contribution in [2.24, 2.45) is 17.4 Å². The molecule has 2 atom stereocenters. The van der Waals surface area contributed by atoms with Crippen molar-refractivity contribution in [1.29, 1.82) is 0 Å². The van der Waals surface area contributed by atoms with Gasteiger partial charge in [-0.1, -0.05) is 51.5 Å². The van der Waals surface area contributed by atoms with Crippen LogP contribution >= 0.6 is 0 Å². The van der Waals surface area contributed by atoms with Gasteiger partial charge in [-0.25, -0.2) is 0 Å². The Morgan fingerprint density at radius 2 is 1.36 bits per heavy atom. The number of nitrogens with two attached hydrogens (primary N) is 2. The fourth-order valence-corrected chi connectivity index (χ4v) is 2.22.